The zero-order chi connectivity index (χ0) is 17.6. The molecule has 2 atom stereocenters. The molecule has 1 aromatic carbocycles. The minimum Gasteiger partial charge on any atom is -0.497 e. The summed E-state index contributed by atoms with van der Waals surface area (Å²) in [5.41, 5.74) is 2.73. The Morgan fingerprint density at radius 1 is 1.36 bits per heavy atom. The van der Waals surface area contributed by atoms with Crippen molar-refractivity contribution < 1.29 is 14.3 Å². The predicted octanol–water partition coefficient (Wildman–Crippen LogP) is 3.18. The van der Waals surface area contributed by atoms with Gasteiger partial charge in [-0.2, -0.15) is 0 Å². The molecule has 1 fully saturated rings. The molecule has 5 heteroatoms. The van der Waals surface area contributed by atoms with E-state index >= 15 is 0 Å². The van der Waals surface area contributed by atoms with Crippen LogP contribution in [0.1, 0.15) is 43.2 Å². The van der Waals surface area contributed by atoms with Crippen LogP contribution in [-0.2, 0) is 11.2 Å². The highest BCUT2D eigenvalue weighted by Crippen LogP contribution is 2.33. The number of ether oxygens (including phenoxy) is 2. The van der Waals surface area contributed by atoms with Gasteiger partial charge in [0, 0.05) is 38.1 Å². The molecule has 2 amide bonds. The van der Waals surface area contributed by atoms with Gasteiger partial charge in [0.15, 0.2) is 0 Å². The van der Waals surface area contributed by atoms with E-state index in [1.165, 1.54) is 17.5 Å². The van der Waals surface area contributed by atoms with Crippen molar-refractivity contribution in [2.24, 2.45) is 5.92 Å². The number of methoxy groups -OCH3 is 1. The molecule has 2 unspecified atom stereocenters. The maximum Gasteiger partial charge on any atom is 0.317 e. The monoisotopic (exact) mass is 346 g/mol. The molecule has 0 aromatic heterocycles. The number of amides is 2. The first-order chi connectivity index (χ1) is 12.2. The van der Waals surface area contributed by atoms with Crippen LogP contribution in [0.3, 0.4) is 0 Å². The maximum absolute atomic E-state index is 12.5. The van der Waals surface area contributed by atoms with E-state index < -0.39 is 0 Å². The summed E-state index contributed by atoms with van der Waals surface area (Å²) in [5.74, 6) is 1.80. The Kier molecular flexibility index (Phi) is 6.19. The normalized spacial score (nSPS) is 22.6. The number of likely N-dealkylation sites (tertiary alicyclic amines) is 1. The lowest BCUT2D eigenvalue weighted by Gasteiger charge is -2.27. The van der Waals surface area contributed by atoms with Crippen molar-refractivity contribution in [1.82, 2.24) is 10.2 Å². The second-order valence-electron chi connectivity index (χ2n) is 7.10. The third kappa shape index (κ3) is 4.46. The summed E-state index contributed by atoms with van der Waals surface area (Å²) < 4.78 is 10.8. The highest BCUT2D eigenvalue weighted by atomic mass is 16.5. The van der Waals surface area contributed by atoms with Crippen LogP contribution >= 0.6 is 0 Å². The van der Waals surface area contributed by atoms with Gasteiger partial charge in [0.2, 0.25) is 0 Å². The molecule has 1 aliphatic heterocycles. The summed E-state index contributed by atoms with van der Waals surface area (Å²) in [4.78, 5) is 14.4. The number of hydrogen-bond donors (Lipinski definition) is 1. The van der Waals surface area contributed by atoms with Crippen LogP contribution in [0.5, 0.6) is 5.75 Å². The van der Waals surface area contributed by atoms with Crippen molar-refractivity contribution >= 4 is 6.03 Å². The van der Waals surface area contributed by atoms with Gasteiger partial charge in [-0.05, 0) is 55.9 Å². The first-order valence-electron chi connectivity index (χ1n) is 9.48. The Balaban J connectivity index is 1.52. The van der Waals surface area contributed by atoms with Crippen LogP contribution in [0.4, 0.5) is 4.79 Å². The number of benzene rings is 1. The van der Waals surface area contributed by atoms with E-state index in [4.69, 9.17) is 9.47 Å². The Morgan fingerprint density at radius 2 is 2.24 bits per heavy atom. The van der Waals surface area contributed by atoms with Crippen molar-refractivity contribution in [2.45, 2.75) is 38.5 Å². The van der Waals surface area contributed by atoms with Crippen LogP contribution in [-0.4, -0.2) is 50.9 Å². The average molecular weight is 346 g/mol. The van der Waals surface area contributed by atoms with Crippen molar-refractivity contribution in [3.05, 3.63) is 29.3 Å². The number of carbonyl (C=O) groups excluding carboxylic acids is 1. The molecule has 2 aliphatic rings. The van der Waals surface area contributed by atoms with E-state index in [1.54, 1.807) is 7.11 Å². The maximum atomic E-state index is 12.5. The first kappa shape index (κ1) is 18.1. The van der Waals surface area contributed by atoms with Gasteiger partial charge in [0.1, 0.15) is 5.75 Å². The lowest BCUT2D eigenvalue weighted by molar-refractivity contribution is 0.113. The molecular formula is C20H30N2O3. The van der Waals surface area contributed by atoms with E-state index in [2.05, 4.69) is 17.4 Å². The topological polar surface area (TPSA) is 50.8 Å². The molecule has 0 bridgehead atoms. The average Bonchev–Trinajstić information content (AvgIpc) is 3.12. The number of fused-ring (bicyclic) bond motifs is 1. The molecule has 25 heavy (non-hydrogen) atoms. The van der Waals surface area contributed by atoms with Gasteiger partial charge in [-0.25, -0.2) is 4.79 Å². The fraction of sp³-hybridized carbons (Fsp3) is 0.650. The van der Waals surface area contributed by atoms with Gasteiger partial charge < -0.3 is 19.7 Å². The fourth-order valence-electron chi connectivity index (χ4n) is 3.99. The van der Waals surface area contributed by atoms with Crippen LogP contribution in [0, 0.1) is 5.92 Å². The molecule has 0 saturated carbocycles. The number of nitrogens with zero attached hydrogens (tertiary/aromatic N) is 1. The van der Waals surface area contributed by atoms with E-state index in [-0.39, 0.29) is 6.03 Å². The molecule has 138 valence electrons. The van der Waals surface area contributed by atoms with Crippen molar-refractivity contribution in [3.63, 3.8) is 0 Å². The van der Waals surface area contributed by atoms with Crippen molar-refractivity contribution in [3.8, 4) is 5.75 Å². The molecule has 1 aliphatic carbocycles. The SMILES string of the molecule is CCOCC1CCN(C(=O)NCC2CCCc3cc(OC)ccc32)C1. The van der Waals surface area contributed by atoms with Crippen molar-refractivity contribution in [2.75, 3.05) is 40.0 Å². The Labute approximate surface area is 150 Å². The largest absolute Gasteiger partial charge is 0.497 e. The fourth-order valence-corrected chi connectivity index (χ4v) is 3.99. The van der Waals surface area contributed by atoms with Gasteiger partial charge in [0.05, 0.1) is 13.7 Å². The summed E-state index contributed by atoms with van der Waals surface area (Å²) >= 11 is 0. The number of carbonyl (C=O) groups is 1. The number of rotatable bonds is 6. The van der Waals surface area contributed by atoms with Crippen LogP contribution in [0.15, 0.2) is 18.2 Å². The molecule has 5 nitrogen and oxygen atoms in total. The molecule has 0 radical (unpaired) electrons. The highest BCUT2D eigenvalue weighted by Gasteiger charge is 2.27. The molecule has 1 N–H and O–H groups in total. The Morgan fingerprint density at radius 3 is 3.04 bits per heavy atom. The zero-order valence-corrected chi connectivity index (χ0v) is 15.4. The summed E-state index contributed by atoms with van der Waals surface area (Å²) in [5, 5.41) is 3.16. The second kappa shape index (κ2) is 8.56. The lowest BCUT2D eigenvalue weighted by atomic mass is 9.82. The van der Waals surface area contributed by atoms with Crippen LogP contribution in [0.25, 0.3) is 0 Å². The summed E-state index contributed by atoms with van der Waals surface area (Å²) in [7, 11) is 1.71. The molecule has 1 aromatic rings. The van der Waals surface area contributed by atoms with Crippen LogP contribution < -0.4 is 10.1 Å². The van der Waals surface area contributed by atoms with E-state index in [0.717, 1.165) is 51.3 Å². The van der Waals surface area contributed by atoms with Gasteiger partial charge in [-0.15, -0.1) is 0 Å². The Hall–Kier alpha value is -1.75. The number of urea groups is 1. The predicted molar refractivity (Wildman–Crippen MR) is 98.2 cm³/mol. The molecular weight excluding hydrogens is 316 g/mol. The quantitative estimate of drug-likeness (QED) is 0.861. The lowest BCUT2D eigenvalue weighted by Crippen LogP contribution is -2.40. The third-order valence-electron chi connectivity index (χ3n) is 5.42. The van der Waals surface area contributed by atoms with E-state index in [0.29, 0.717) is 18.4 Å². The zero-order valence-electron chi connectivity index (χ0n) is 15.4. The summed E-state index contributed by atoms with van der Waals surface area (Å²) in [6.45, 7) is 5.88. The number of hydrogen-bond acceptors (Lipinski definition) is 3. The van der Waals surface area contributed by atoms with Gasteiger partial charge in [-0.1, -0.05) is 6.07 Å². The smallest absolute Gasteiger partial charge is 0.317 e. The molecule has 3 rings (SSSR count). The van der Waals surface area contributed by atoms with Gasteiger partial charge >= 0.3 is 6.03 Å². The third-order valence-corrected chi connectivity index (χ3v) is 5.42. The van der Waals surface area contributed by atoms with E-state index in [9.17, 15) is 4.79 Å². The first-order valence-corrected chi connectivity index (χ1v) is 9.48. The number of nitrogens with one attached hydrogen (secondary N) is 1. The van der Waals surface area contributed by atoms with Crippen LogP contribution in [0.2, 0.25) is 0 Å². The summed E-state index contributed by atoms with van der Waals surface area (Å²) in [6.07, 6.45) is 4.44. The highest BCUT2D eigenvalue weighted by molar-refractivity contribution is 5.74. The molecule has 1 saturated heterocycles. The van der Waals surface area contributed by atoms with Crippen molar-refractivity contribution in [1.29, 1.82) is 0 Å². The molecule has 0 spiro atoms. The second-order valence-corrected chi connectivity index (χ2v) is 7.10. The minimum absolute atomic E-state index is 0.0691. The standard InChI is InChI=1S/C20H30N2O3/c1-3-25-14-15-9-10-22(13-15)20(23)21-12-17-6-4-5-16-11-18(24-2)7-8-19(16)17/h7-8,11,15,17H,3-6,9-10,12-14H2,1-2H3,(H,21,23). The summed E-state index contributed by atoms with van der Waals surface area (Å²) in [6, 6.07) is 6.40. The molecule has 1 heterocycles. The van der Waals surface area contributed by atoms with Gasteiger partial charge in [0.25, 0.3) is 0 Å². The Bertz CT molecular complexity index is 590. The van der Waals surface area contributed by atoms with E-state index in [1.807, 2.05) is 17.9 Å². The van der Waals surface area contributed by atoms with Gasteiger partial charge in [-0.3, -0.25) is 0 Å². The minimum atomic E-state index is 0.0691. The number of aryl methyl sites for hydroxylation is 1.